The number of rotatable bonds is 6. The van der Waals surface area contributed by atoms with Crippen molar-refractivity contribution >= 4 is 15.2 Å². The first-order chi connectivity index (χ1) is 7.34. The van der Waals surface area contributed by atoms with E-state index in [4.69, 9.17) is 9.79 Å². The molecule has 0 atom stereocenters. The van der Waals surface area contributed by atoms with Crippen molar-refractivity contribution < 1.29 is 28.7 Å². The molecule has 6 nitrogen and oxygen atoms in total. The molecule has 0 saturated carbocycles. The Morgan fingerprint density at radius 1 is 0.941 bits per heavy atom. The van der Waals surface area contributed by atoms with Crippen LogP contribution in [0, 0.1) is 11.8 Å². The Kier molecular flexibility index (Phi) is 5.61. The summed E-state index contributed by atoms with van der Waals surface area (Å²) < 4.78 is 22.6. The SMILES string of the molecule is CC(C)C(CCP(=O)(O)O)(C(C)C)P(=O)(O)O. The molecule has 0 radical (unpaired) electrons. The van der Waals surface area contributed by atoms with Crippen molar-refractivity contribution in [3.63, 3.8) is 0 Å². The van der Waals surface area contributed by atoms with Crippen LogP contribution in [-0.2, 0) is 9.13 Å². The van der Waals surface area contributed by atoms with E-state index < -0.39 is 26.5 Å². The average Bonchev–Trinajstić information content (AvgIpc) is 1.97. The van der Waals surface area contributed by atoms with E-state index in [1.807, 2.05) is 0 Å². The van der Waals surface area contributed by atoms with Crippen LogP contribution in [0.3, 0.4) is 0 Å². The summed E-state index contributed by atoms with van der Waals surface area (Å²) in [6.07, 6.45) is -0.689. The fraction of sp³-hybridized carbons (Fsp3) is 1.00. The third-order valence-corrected chi connectivity index (χ3v) is 6.49. The third kappa shape index (κ3) is 4.16. The van der Waals surface area contributed by atoms with Crippen molar-refractivity contribution in [2.24, 2.45) is 11.8 Å². The van der Waals surface area contributed by atoms with Crippen LogP contribution in [0.5, 0.6) is 0 Å². The smallest absolute Gasteiger partial charge is 0.324 e. The zero-order valence-electron chi connectivity index (χ0n) is 10.6. The van der Waals surface area contributed by atoms with Crippen LogP contribution < -0.4 is 0 Å². The Morgan fingerprint density at radius 2 is 1.29 bits per heavy atom. The average molecular weight is 288 g/mol. The fourth-order valence-electron chi connectivity index (χ4n) is 2.39. The quantitative estimate of drug-likeness (QED) is 0.554. The Labute approximate surface area is 102 Å². The number of hydrogen-bond acceptors (Lipinski definition) is 2. The Morgan fingerprint density at radius 3 is 1.47 bits per heavy atom. The lowest BCUT2D eigenvalue weighted by Crippen LogP contribution is -2.41. The van der Waals surface area contributed by atoms with Gasteiger partial charge in [0.25, 0.3) is 0 Å². The molecule has 104 valence electrons. The number of hydrogen-bond donors (Lipinski definition) is 4. The molecule has 0 rings (SSSR count). The first-order valence-electron chi connectivity index (χ1n) is 5.45. The Bertz CT molecular complexity index is 331. The minimum Gasteiger partial charge on any atom is -0.324 e. The second-order valence-corrected chi connectivity index (χ2v) is 8.68. The molecule has 0 aliphatic carbocycles. The van der Waals surface area contributed by atoms with Gasteiger partial charge in [0.2, 0.25) is 0 Å². The van der Waals surface area contributed by atoms with Crippen molar-refractivity contribution in [1.82, 2.24) is 0 Å². The van der Waals surface area contributed by atoms with Gasteiger partial charge in [-0.3, -0.25) is 9.13 Å². The van der Waals surface area contributed by atoms with Crippen LogP contribution in [0.4, 0.5) is 0 Å². The zero-order chi connectivity index (χ0) is 14.1. The summed E-state index contributed by atoms with van der Waals surface area (Å²) in [5, 5.41) is -1.38. The van der Waals surface area contributed by atoms with Crippen LogP contribution in [0.1, 0.15) is 34.1 Å². The van der Waals surface area contributed by atoms with Gasteiger partial charge >= 0.3 is 15.2 Å². The molecule has 0 saturated heterocycles. The zero-order valence-corrected chi connectivity index (χ0v) is 12.4. The molecule has 0 bridgehead atoms. The summed E-state index contributed by atoms with van der Waals surface area (Å²) in [6.45, 7) is 6.66. The molecule has 0 heterocycles. The lowest BCUT2D eigenvalue weighted by Gasteiger charge is -2.41. The maximum Gasteiger partial charge on any atom is 0.332 e. The van der Waals surface area contributed by atoms with E-state index in [0.717, 1.165) is 0 Å². The van der Waals surface area contributed by atoms with Gasteiger partial charge in [0.15, 0.2) is 0 Å². The standard InChI is InChI=1S/C9H22O6P2/c1-7(2)9(8(3)4,17(13,14)15)5-6-16(10,11)12/h7-8H,5-6H2,1-4H3,(H2,10,11,12)(H2,13,14,15). The Balaban J connectivity index is 5.38. The van der Waals surface area contributed by atoms with Crippen LogP contribution in [0.2, 0.25) is 0 Å². The predicted molar refractivity (Wildman–Crippen MR) is 66.0 cm³/mol. The summed E-state index contributed by atoms with van der Waals surface area (Å²) in [5.41, 5.74) is 0. The van der Waals surface area contributed by atoms with Crippen LogP contribution in [0.15, 0.2) is 0 Å². The molecule has 0 unspecified atom stereocenters. The van der Waals surface area contributed by atoms with Crippen LogP contribution in [-0.4, -0.2) is 30.9 Å². The maximum absolute atomic E-state index is 11.7. The van der Waals surface area contributed by atoms with Crippen molar-refractivity contribution in [1.29, 1.82) is 0 Å². The molecular formula is C9H22O6P2. The molecule has 8 heteroatoms. The Hall–Kier alpha value is 0.300. The van der Waals surface area contributed by atoms with Gasteiger partial charge in [-0.05, 0) is 18.3 Å². The first-order valence-corrected chi connectivity index (χ1v) is 8.86. The van der Waals surface area contributed by atoms with Gasteiger partial charge in [0, 0.05) is 0 Å². The monoisotopic (exact) mass is 288 g/mol. The second-order valence-electron chi connectivity index (χ2n) is 4.98. The molecule has 0 amide bonds. The fourth-order valence-corrected chi connectivity index (χ4v) is 4.97. The molecular weight excluding hydrogens is 266 g/mol. The summed E-state index contributed by atoms with van der Waals surface area (Å²) in [7, 11) is -8.70. The lowest BCUT2D eigenvalue weighted by molar-refractivity contribution is 0.229. The van der Waals surface area contributed by atoms with Gasteiger partial charge in [-0.15, -0.1) is 0 Å². The molecule has 0 fully saturated rings. The highest BCUT2D eigenvalue weighted by molar-refractivity contribution is 7.54. The summed E-state index contributed by atoms with van der Waals surface area (Å²) in [5.74, 6) is -0.732. The molecule has 0 aromatic heterocycles. The summed E-state index contributed by atoms with van der Waals surface area (Å²) in [4.78, 5) is 36.8. The van der Waals surface area contributed by atoms with E-state index in [1.54, 1.807) is 27.7 Å². The summed E-state index contributed by atoms with van der Waals surface area (Å²) in [6, 6.07) is 0. The highest BCUT2D eigenvalue weighted by Gasteiger charge is 2.51. The molecule has 4 N–H and O–H groups in total. The van der Waals surface area contributed by atoms with Gasteiger partial charge < -0.3 is 19.6 Å². The van der Waals surface area contributed by atoms with E-state index in [0.29, 0.717) is 0 Å². The predicted octanol–water partition coefficient (Wildman–Crippen LogP) is 1.78. The van der Waals surface area contributed by atoms with E-state index in [2.05, 4.69) is 0 Å². The minimum absolute atomic E-state index is 0.184. The van der Waals surface area contributed by atoms with Crippen molar-refractivity contribution in [3.8, 4) is 0 Å². The third-order valence-electron chi connectivity index (χ3n) is 3.35. The molecule has 0 aromatic carbocycles. The second kappa shape index (κ2) is 5.52. The van der Waals surface area contributed by atoms with E-state index in [1.165, 1.54) is 0 Å². The maximum atomic E-state index is 11.7. The highest BCUT2D eigenvalue weighted by Crippen LogP contribution is 2.61. The summed E-state index contributed by atoms with van der Waals surface area (Å²) >= 11 is 0. The van der Waals surface area contributed by atoms with Gasteiger partial charge in [-0.1, -0.05) is 27.7 Å². The van der Waals surface area contributed by atoms with E-state index in [9.17, 15) is 18.9 Å². The van der Waals surface area contributed by atoms with Gasteiger partial charge in [0.05, 0.1) is 11.3 Å². The van der Waals surface area contributed by atoms with Crippen molar-refractivity contribution in [2.75, 3.05) is 6.16 Å². The largest absolute Gasteiger partial charge is 0.332 e. The first kappa shape index (κ1) is 17.3. The van der Waals surface area contributed by atoms with Crippen molar-refractivity contribution in [3.05, 3.63) is 0 Å². The molecule has 0 spiro atoms. The minimum atomic E-state index is -4.45. The lowest BCUT2D eigenvalue weighted by atomic mass is 9.82. The normalized spacial score (nSPS) is 14.7. The van der Waals surface area contributed by atoms with E-state index in [-0.39, 0.29) is 18.3 Å². The van der Waals surface area contributed by atoms with Gasteiger partial charge in [-0.25, -0.2) is 0 Å². The molecule has 0 aromatic rings. The molecule has 0 aliphatic rings. The topological polar surface area (TPSA) is 115 Å². The van der Waals surface area contributed by atoms with E-state index >= 15 is 0 Å². The van der Waals surface area contributed by atoms with Crippen LogP contribution >= 0.6 is 15.2 Å². The van der Waals surface area contributed by atoms with Crippen molar-refractivity contribution in [2.45, 2.75) is 39.3 Å². The van der Waals surface area contributed by atoms with Gasteiger partial charge in [0.1, 0.15) is 0 Å². The molecule has 17 heavy (non-hydrogen) atoms. The van der Waals surface area contributed by atoms with Crippen LogP contribution in [0.25, 0.3) is 0 Å². The highest BCUT2D eigenvalue weighted by atomic mass is 31.2. The molecule has 0 aliphatic heterocycles. The van der Waals surface area contributed by atoms with Gasteiger partial charge in [-0.2, -0.15) is 0 Å².